The van der Waals surface area contributed by atoms with Crippen molar-refractivity contribution < 1.29 is 9.32 Å². The van der Waals surface area contributed by atoms with Gasteiger partial charge in [-0.05, 0) is 13.8 Å². The van der Waals surface area contributed by atoms with Crippen molar-refractivity contribution in [1.29, 1.82) is 0 Å². The third-order valence-electron chi connectivity index (χ3n) is 1.68. The maximum Gasteiger partial charge on any atom is 0.241 e. The number of aromatic nitrogens is 1. The van der Waals surface area contributed by atoms with Crippen LogP contribution in [0.25, 0.3) is 0 Å². The van der Waals surface area contributed by atoms with Crippen LogP contribution in [0.15, 0.2) is 10.6 Å². The normalized spacial score (nSPS) is 10.1. The number of amides is 1. The monoisotopic (exact) mass is 183 g/mol. The van der Waals surface area contributed by atoms with E-state index < -0.39 is 0 Å². The number of carbonyl (C=O) groups is 1. The summed E-state index contributed by atoms with van der Waals surface area (Å²) in [5.74, 6) is 1.05. The molecule has 0 radical (unpaired) electrons. The quantitative estimate of drug-likeness (QED) is 0.731. The topological polar surface area (TPSA) is 72.4 Å². The molecule has 1 rings (SSSR count). The average molecular weight is 183 g/mol. The van der Waals surface area contributed by atoms with Gasteiger partial charge in [0.2, 0.25) is 5.91 Å². The van der Waals surface area contributed by atoms with E-state index in [4.69, 9.17) is 10.3 Å². The second kappa shape index (κ2) is 4.04. The number of hydrogen-bond acceptors (Lipinski definition) is 4. The Hall–Kier alpha value is -1.36. The predicted octanol–water partition coefficient (Wildman–Crippen LogP) is 0.295. The van der Waals surface area contributed by atoms with Gasteiger partial charge in [-0.15, -0.1) is 0 Å². The molecule has 0 saturated carbocycles. The first-order valence-electron chi connectivity index (χ1n) is 4.12. The molecule has 2 N–H and O–H groups in total. The molecular formula is C8H13N3O2. The fourth-order valence-corrected chi connectivity index (χ4v) is 1.06. The summed E-state index contributed by atoms with van der Waals surface area (Å²) in [6.07, 6.45) is 0. The first kappa shape index (κ1) is 9.73. The van der Waals surface area contributed by atoms with Crippen molar-refractivity contribution in [2.45, 2.75) is 13.8 Å². The fraction of sp³-hybridized carbons (Fsp3) is 0.500. The number of nitrogens with two attached hydrogens (primary N) is 1. The number of hydrogen-bond donors (Lipinski definition) is 1. The number of nitrogens with zero attached hydrogens (tertiary/aromatic N) is 2. The Morgan fingerprint density at radius 1 is 1.77 bits per heavy atom. The highest BCUT2D eigenvalue weighted by Crippen LogP contribution is 2.13. The first-order chi connectivity index (χ1) is 6.19. The van der Waals surface area contributed by atoms with E-state index in [2.05, 4.69) is 5.16 Å². The zero-order valence-corrected chi connectivity index (χ0v) is 7.78. The van der Waals surface area contributed by atoms with Crippen molar-refractivity contribution in [2.75, 3.05) is 18.0 Å². The smallest absolute Gasteiger partial charge is 0.241 e. The second-order valence-electron chi connectivity index (χ2n) is 2.64. The molecule has 1 aromatic rings. The predicted molar refractivity (Wildman–Crippen MR) is 48.3 cm³/mol. The molecule has 0 atom stereocenters. The molecule has 0 fully saturated rings. The molecule has 0 aliphatic heterocycles. The van der Waals surface area contributed by atoms with Crippen LogP contribution in [0.3, 0.4) is 0 Å². The van der Waals surface area contributed by atoms with Gasteiger partial charge in [0, 0.05) is 12.6 Å². The van der Waals surface area contributed by atoms with Crippen molar-refractivity contribution in [1.82, 2.24) is 5.16 Å². The van der Waals surface area contributed by atoms with Crippen LogP contribution in [0.2, 0.25) is 0 Å². The Bertz CT molecular complexity index is 295. The molecule has 0 bridgehead atoms. The molecule has 5 heteroatoms. The van der Waals surface area contributed by atoms with Gasteiger partial charge in [-0.3, -0.25) is 9.69 Å². The van der Waals surface area contributed by atoms with Gasteiger partial charge in [0.25, 0.3) is 0 Å². The van der Waals surface area contributed by atoms with E-state index in [1.807, 2.05) is 6.92 Å². The van der Waals surface area contributed by atoms with Crippen LogP contribution >= 0.6 is 0 Å². The summed E-state index contributed by atoms with van der Waals surface area (Å²) in [4.78, 5) is 12.8. The standard InChI is InChI=1S/C8H13N3O2/c1-3-11(8(12)5-9)7-4-6(2)13-10-7/h4H,3,5,9H2,1-2H3. The molecule has 5 nitrogen and oxygen atoms in total. The molecule has 0 spiro atoms. The molecule has 1 heterocycles. The van der Waals surface area contributed by atoms with Crippen molar-refractivity contribution in [2.24, 2.45) is 5.73 Å². The Morgan fingerprint density at radius 3 is 2.85 bits per heavy atom. The van der Waals surface area contributed by atoms with Gasteiger partial charge < -0.3 is 10.3 Å². The molecular weight excluding hydrogens is 170 g/mol. The van der Waals surface area contributed by atoms with Gasteiger partial charge >= 0.3 is 0 Å². The lowest BCUT2D eigenvalue weighted by Crippen LogP contribution is -2.36. The molecule has 0 saturated heterocycles. The summed E-state index contributed by atoms with van der Waals surface area (Å²) in [7, 11) is 0. The van der Waals surface area contributed by atoms with Crippen LogP contribution in [0.1, 0.15) is 12.7 Å². The van der Waals surface area contributed by atoms with E-state index >= 15 is 0 Å². The summed E-state index contributed by atoms with van der Waals surface area (Å²) in [6, 6.07) is 1.71. The summed E-state index contributed by atoms with van der Waals surface area (Å²) >= 11 is 0. The Kier molecular flexibility index (Phi) is 3.02. The molecule has 0 unspecified atom stereocenters. The minimum absolute atomic E-state index is 0.0141. The van der Waals surface area contributed by atoms with Gasteiger partial charge in [0.05, 0.1) is 6.54 Å². The summed E-state index contributed by atoms with van der Waals surface area (Å²) in [5.41, 5.74) is 5.24. The SMILES string of the molecule is CCN(C(=O)CN)c1cc(C)on1. The third-order valence-corrected chi connectivity index (χ3v) is 1.68. The second-order valence-corrected chi connectivity index (χ2v) is 2.64. The van der Waals surface area contributed by atoms with Crippen LogP contribution in [0, 0.1) is 6.92 Å². The Morgan fingerprint density at radius 2 is 2.46 bits per heavy atom. The zero-order chi connectivity index (χ0) is 9.84. The molecule has 1 amide bonds. The molecule has 1 aromatic heterocycles. The van der Waals surface area contributed by atoms with E-state index in [0.29, 0.717) is 18.1 Å². The van der Waals surface area contributed by atoms with Gasteiger partial charge in [-0.25, -0.2) is 0 Å². The van der Waals surface area contributed by atoms with Crippen LogP contribution in [0.4, 0.5) is 5.82 Å². The summed E-state index contributed by atoms with van der Waals surface area (Å²) in [6.45, 7) is 4.16. The zero-order valence-electron chi connectivity index (χ0n) is 7.78. The highest BCUT2D eigenvalue weighted by molar-refractivity contribution is 5.93. The van der Waals surface area contributed by atoms with Crippen LogP contribution in [-0.2, 0) is 4.79 Å². The first-order valence-corrected chi connectivity index (χ1v) is 4.12. The van der Waals surface area contributed by atoms with Crippen molar-refractivity contribution in [3.63, 3.8) is 0 Å². The number of likely N-dealkylation sites (N-methyl/N-ethyl adjacent to an activating group) is 1. The molecule has 0 aliphatic rings. The number of anilines is 1. The van der Waals surface area contributed by atoms with Crippen LogP contribution in [0.5, 0.6) is 0 Å². The average Bonchev–Trinajstić information content (AvgIpc) is 2.53. The molecule has 0 aromatic carbocycles. The van der Waals surface area contributed by atoms with E-state index in [9.17, 15) is 4.79 Å². The number of carbonyl (C=O) groups excluding carboxylic acids is 1. The summed E-state index contributed by atoms with van der Waals surface area (Å²) < 4.78 is 4.86. The maximum absolute atomic E-state index is 11.3. The minimum atomic E-state index is -0.157. The Balaban J connectivity index is 2.84. The highest BCUT2D eigenvalue weighted by Gasteiger charge is 2.15. The minimum Gasteiger partial charge on any atom is -0.360 e. The van der Waals surface area contributed by atoms with Crippen molar-refractivity contribution in [3.8, 4) is 0 Å². The van der Waals surface area contributed by atoms with E-state index in [0.717, 1.165) is 0 Å². The summed E-state index contributed by atoms with van der Waals surface area (Å²) in [5, 5.41) is 3.73. The van der Waals surface area contributed by atoms with Crippen molar-refractivity contribution >= 4 is 11.7 Å². The lowest BCUT2D eigenvalue weighted by Gasteiger charge is -2.15. The van der Waals surface area contributed by atoms with E-state index in [-0.39, 0.29) is 12.5 Å². The van der Waals surface area contributed by atoms with Gasteiger partial charge in [-0.1, -0.05) is 5.16 Å². The van der Waals surface area contributed by atoms with Crippen LogP contribution < -0.4 is 10.6 Å². The number of rotatable bonds is 3. The molecule has 13 heavy (non-hydrogen) atoms. The van der Waals surface area contributed by atoms with Gasteiger partial charge in [0.1, 0.15) is 5.76 Å². The number of aryl methyl sites for hydroxylation is 1. The van der Waals surface area contributed by atoms with E-state index in [1.54, 1.807) is 13.0 Å². The lowest BCUT2D eigenvalue weighted by atomic mass is 10.4. The highest BCUT2D eigenvalue weighted by atomic mass is 16.5. The molecule has 72 valence electrons. The third kappa shape index (κ3) is 2.06. The van der Waals surface area contributed by atoms with Crippen molar-refractivity contribution in [3.05, 3.63) is 11.8 Å². The van der Waals surface area contributed by atoms with Gasteiger partial charge in [-0.2, -0.15) is 0 Å². The molecule has 0 aliphatic carbocycles. The largest absolute Gasteiger partial charge is 0.360 e. The lowest BCUT2D eigenvalue weighted by molar-refractivity contribution is -0.117. The maximum atomic E-state index is 11.3. The van der Waals surface area contributed by atoms with Crippen LogP contribution in [-0.4, -0.2) is 24.2 Å². The van der Waals surface area contributed by atoms with Gasteiger partial charge in [0.15, 0.2) is 5.82 Å². The fourth-order valence-electron chi connectivity index (χ4n) is 1.06. The Labute approximate surface area is 76.5 Å². The van der Waals surface area contributed by atoms with E-state index in [1.165, 1.54) is 4.90 Å².